The Labute approximate surface area is 124 Å². The molecule has 21 heavy (non-hydrogen) atoms. The van der Waals surface area contributed by atoms with Gasteiger partial charge in [0.2, 0.25) is 0 Å². The zero-order valence-corrected chi connectivity index (χ0v) is 12.8. The highest BCUT2D eigenvalue weighted by atomic mass is 16.6. The summed E-state index contributed by atoms with van der Waals surface area (Å²) in [6.07, 6.45) is 0. The quantitative estimate of drug-likeness (QED) is 0.643. The molecule has 0 radical (unpaired) electrons. The molecule has 0 aliphatic rings. The van der Waals surface area contributed by atoms with E-state index in [1.807, 2.05) is 13.0 Å². The number of nitrogens with one attached hydrogen (secondary N) is 1. The lowest BCUT2D eigenvalue weighted by Crippen LogP contribution is -2.39. The van der Waals surface area contributed by atoms with Crippen LogP contribution in [0.2, 0.25) is 0 Å². The Morgan fingerprint density at radius 2 is 2.14 bits per heavy atom. The number of nitrogens with zero attached hydrogens (tertiary/aromatic N) is 2. The van der Waals surface area contributed by atoms with Crippen LogP contribution in [0.4, 0.5) is 5.69 Å². The Bertz CT molecular complexity index is 544. The van der Waals surface area contributed by atoms with Gasteiger partial charge in [0.05, 0.1) is 23.2 Å². The zero-order chi connectivity index (χ0) is 16.0. The van der Waals surface area contributed by atoms with Crippen LogP contribution in [0, 0.1) is 27.4 Å². The Morgan fingerprint density at radius 1 is 1.48 bits per heavy atom. The largest absolute Gasteiger partial charge is 0.486 e. The molecule has 114 valence electrons. The molecule has 0 heterocycles. The number of nitro benzene ring substituents is 1. The van der Waals surface area contributed by atoms with E-state index in [0.717, 1.165) is 6.54 Å². The van der Waals surface area contributed by atoms with Gasteiger partial charge in [-0.1, -0.05) is 6.92 Å². The molecule has 1 atom stereocenters. The third-order valence-electron chi connectivity index (χ3n) is 2.79. The third-order valence-corrected chi connectivity index (χ3v) is 2.79. The average Bonchev–Trinajstić information content (AvgIpc) is 2.41. The first-order chi connectivity index (χ1) is 9.73. The molecule has 0 saturated carbocycles. The molecule has 0 aliphatic heterocycles. The fraction of sp³-hybridized carbons (Fsp3) is 0.533. The van der Waals surface area contributed by atoms with Crippen molar-refractivity contribution in [2.75, 3.05) is 13.2 Å². The second-order valence-corrected chi connectivity index (χ2v) is 6.10. The predicted octanol–water partition coefficient (Wildman–Crippen LogP) is 2.87. The van der Waals surface area contributed by atoms with Crippen molar-refractivity contribution in [2.24, 2.45) is 5.92 Å². The number of hydrogen-bond acceptors (Lipinski definition) is 5. The summed E-state index contributed by atoms with van der Waals surface area (Å²) in [6.45, 7) is 9.36. The monoisotopic (exact) mass is 291 g/mol. The Balaban J connectivity index is 2.67. The van der Waals surface area contributed by atoms with E-state index in [4.69, 9.17) is 10.00 Å². The van der Waals surface area contributed by atoms with Crippen molar-refractivity contribution in [1.29, 1.82) is 5.26 Å². The van der Waals surface area contributed by atoms with Crippen LogP contribution in [-0.2, 0) is 0 Å². The minimum atomic E-state index is -0.533. The minimum absolute atomic E-state index is 0.0225. The maximum atomic E-state index is 11.0. The van der Waals surface area contributed by atoms with Crippen LogP contribution in [0.25, 0.3) is 0 Å². The summed E-state index contributed by atoms with van der Waals surface area (Å²) in [5.41, 5.74) is 0.0934. The van der Waals surface area contributed by atoms with E-state index in [2.05, 4.69) is 26.1 Å². The maximum absolute atomic E-state index is 11.0. The Morgan fingerprint density at radius 3 is 2.67 bits per heavy atom. The van der Waals surface area contributed by atoms with E-state index < -0.39 is 4.92 Å². The van der Waals surface area contributed by atoms with E-state index in [9.17, 15) is 10.1 Å². The van der Waals surface area contributed by atoms with E-state index in [-0.39, 0.29) is 28.5 Å². The van der Waals surface area contributed by atoms with Gasteiger partial charge in [-0.25, -0.2) is 0 Å². The van der Waals surface area contributed by atoms with Crippen LogP contribution in [-0.4, -0.2) is 23.6 Å². The summed E-state index contributed by atoms with van der Waals surface area (Å²) in [7, 11) is 0. The van der Waals surface area contributed by atoms with Gasteiger partial charge in [-0.3, -0.25) is 10.1 Å². The summed E-state index contributed by atoms with van der Waals surface area (Å²) in [6, 6.07) is 6.10. The molecule has 0 saturated heterocycles. The molecule has 0 aromatic heterocycles. The third kappa shape index (κ3) is 5.79. The van der Waals surface area contributed by atoms with Gasteiger partial charge in [-0.05, 0) is 32.9 Å². The second-order valence-electron chi connectivity index (χ2n) is 6.10. The Kier molecular flexibility index (Phi) is 5.68. The van der Waals surface area contributed by atoms with Gasteiger partial charge in [-0.15, -0.1) is 0 Å². The van der Waals surface area contributed by atoms with Gasteiger partial charge in [0, 0.05) is 24.1 Å². The number of rotatable bonds is 6. The maximum Gasteiger partial charge on any atom is 0.312 e. The van der Waals surface area contributed by atoms with Gasteiger partial charge >= 0.3 is 5.69 Å². The summed E-state index contributed by atoms with van der Waals surface area (Å²) >= 11 is 0. The van der Waals surface area contributed by atoms with Crippen LogP contribution in [0.3, 0.4) is 0 Å². The summed E-state index contributed by atoms with van der Waals surface area (Å²) in [4.78, 5) is 10.5. The standard InChI is InChI=1S/C15H21N3O3/c1-11(9-17-15(2,3)4)10-21-14-6-5-12(8-16)7-13(14)18(19)20/h5-7,11,17H,9-10H2,1-4H3. The Hall–Kier alpha value is -2.13. The molecular weight excluding hydrogens is 270 g/mol. The second kappa shape index (κ2) is 7.04. The normalized spacial score (nSPS) is 12.5. The van der Waals surface area contributed by atoms with Gasteiger partial charge in [0.15, 0.2) is 5.75 Å². The molecule has 0 aliphatic carbocycles. The van der Waals surface area contributed by atoms with Crippen molar-refractivity contribution in [3.8, 4) is 11.8 Å². The summed E-state index contributed by atoms with van der Waals surface area (Å²) in [5, 5.41) is 23.1. The van der Waals surface area contributed by atoms with Crippen molar-refractivity contribution < 1.29 is 9.66 Å². The average molecular weight is 291 g/mol. The molecule has 1 aromatic carbocycles. The molecule has 1 N–H and O–H groups in total. The predicted molar refractivity (Wildman–Crippen MR) is 80.2 cm³/mol. The van der Waals surface area contributed by atoms with Crippen molar-refractivity contribution in [1.82, 2.24) is 5.32 Å². The van der Waals surface area contributed by atoms with Crippen LogP contribution in [0.5, 0.6) is 5.75 Å². The lowest BCUT2D eigenvalue weighted by atomic mass is 10.1. The van der Waals surface area contributed by atoms with Crippen LogP contribution >= 0.6 is 0 Å². The van der Waals surface area contributed by atoms with Crippen LogP contribution in [0.1, 0.15) is 33.3 Å². The molecule has 0 spiro atoms. The highest BCUT2D eigenvalue weighted by molar-refractivity contribution is 5.51. The molecule has 6 nitrogen and oxygen atoms in total. The molecule has 1 rings (SSSR count). The van der Waals surface area contributed by atoms with E-state index in [1.54, 1.807) is 0 Å². The summed E-state index contributed by atoms with van der Waals surface area (Å²) < 4.78 is 5.53. The molecule has 6 heteroatoms. The van der Waals surface area contributed by atoms with Crippen molar-refractivity contribution in [3.05, 3.63) is 33.9 Å². The van der Waals surface area contributed by atoms with Crippen molar-refractivity contribution in [2.45, 2.75) is 33.2 Å². The number of ether oxygens (including phenoxy) is 1. The summed E-state index contributed by atoms with van der Waals surface area (Å²) in [5.74, 6) is 0.404. The van der Waals surface area contributed by atoms with Gasteiger partial charge in [-0.2, -0.15) is 5.26 Å². The van der Waals surface area contributed by atoms with Crippen molar-refractivity contribution >= 4 is 5.69 Å². The number of nitro groups is 1. The van der Waals surface area contributed by atoms with Crippen LogP contribution in [0.15, 0.2) is 18.2 Å². The lowest BCUT2D eigenvalue weighted by molar-refractivity contribution is -0.385. The van der Waals surface area contributed by atoms with E-state index >= 15 is 0 Å². The minimum Gasteiger partial charge on any atom is -0.486 e. The number of benzene rings is 1. The van der Waals surface area contributed by atoms with E-state index in [1.165, 1.54) is 18.2 Å². The first-order valence-electron chi connectivity index (χ1n) is 6.79. The molecule has 1 aromatic rings. The zero-order valence-electron chi connectivity index (χ0n) is 12.8. The topological polar surface area (TPSA) is 88.2 Å². The fourth-order valence-electron chi connectivity index (χ4n) is 1.62. The molecule has 0 fully saturated rings. The van der Waals surface area contributed by atoms with Gasteiger partial charge in [0.1, 0.15) is 0 Å². The first kappa shape index (κ1) is 16.9. The van der Waals surface area contributed by atoms with E-state index in [0.29, 0.717) is 6.61 Å². The van der Waals surface area contributed by atoms with Crippen LogP contribution < -0.4 is 10.1 Å². The van der Waals surface area contributed by atoms with Crippen molar-refractivity contribution in [3.63, 3.8) is 0 Å². The van der Waals surface area contributed by atoms with Gasteiger partial charge in [0.25, 0.3) is 0 Å². The SMILES string of the molecule is CC(CNC(C)(C)C)COc1ccc(C#N)cc1[N+](=O)[O-]. The number of hydrogen-bond donors (Lipinski definition) is 1. The highest BCUT2D eigenvalue weighted by Gasteiger charge is 2.17. The van der Waals surface area contributed by atoms with Gasteiger partial charge < -0.3 is 10.1 Å². The fourth-order valence-corrected chi connectivity index (χ4v) is 1.62. The smallest absolute Gasteiger partial charge is 0.312 e. The molecule has 1 unspecified atom stereocenters. The highest BCUT2D eigenvalue weighted by Crippen LogP contribution is 2.28. The molecular formula is C15H21N3O3. The first-order valence-corrected chi connectivity index (χ1v) is 6.79. The molecule has 0 bridgehead atoms. The number of nitriles is 1. The lowest BCUT2D eigenvalue weighted by Gasteiger charge is -2.23. The molecule has 0 amide bonds.